The maximum Gasteiger partial charge on any atom is 0.256 e. The lowest BCUT2D eigenvalue weighted by atomic mass is 10.2. The SMILES string of the molecule is NC(=O)CSc1ccccc1C(=O)Nc1ccc(Cl)cc1F. The topological polar surface area (TPSA) is 72.2 Å². The first-order chi connectivity index (χ1) is 10.5. The van der Waals surface area contributed by atoms with Gasteiger partial charge in [-0.3, -0.25) is 9.59 Å². The molecule has 0 radical (unpaired) electrons. The smallest absolute Gasteiger partial charge is 0.256 e. The lowest BCUT2D eigenvalue weighted by Gasteiger charge is -2.10. The molecule has 2 aromatic rings. The number of amides is 2. The predicted octanol–water partition coefficient (Wildman–Crippen LogP) is 3.31. The van der Waals surface area contributed by atoms with Crippen LogP contribution in [0, 0.1) is 5.82 Å². The van der Waals surface area contributed by atoms with Crippen LogP contribution in [0.4, 0.5) is 10.1 Å². The van der Waals surface area contributed by atoms with Gasteiger partial charge in [0, 0.05) is 9.92 Å². The Morgan fingerprint density at radius 3 is 2.64 bits per heavy atom. The largest absolute Gasteiger partial charge is 0.369 e. The van der Waals surface area contributed by atoms with E-state index in [4.69, 9.17) is 17.3 Å². The van der Waals surface area contributed by atoms with E-state index in [1.807, 2.05) is 0 Å². The van der Waals surface area contributed by atoms with E-state index in [-0.39, 0.29) is 16.5 Å². The molecule has 7 heteroatoms. The summed E-state index contributed by atoms with van der Waals surface area (Å²) in [5, 5.41) is 2.72. The van der Waals surface area contributed by atoms with Crippen molar-refractivity contribution in [2.45, 2.75) is 4.90 Å². The molecule has 0 aliphatic carbocycles. The number of nitrogens with two attached hydrogens (primary N) is 1. The molecule has 2 amide bonds. The van der Waals surface area contributed by atoms with Crippen LogP contribution < -0.4 is 11.1 Å². The predicted molar refractivity (Wildman–Crippen MR) is 85.7 cm³/mol. The fourth-order valence-corrected chi connectivity index (χ4v) is 2.66. The Labute approximate surface area is 135 Å². The average Bonchev–Trinajstić information content (AvgIpc) is 2.48. The van der Waals surface area contributed by atoms with Crippen LogP contribution in [0.25, 0.3) is 0 Å². The molecular weight excluding hydrogens is 327 g/mol. The molecule has 0 aromatic heterocycles. The van der Waals surface area contributed by atoms with Crippen molar-refractivity contribution in [2.75, 3.05) is 11.1 Å². The highest BCUT2D eigenvalue weighted by molar-refractivity contribution is 8.00. The Kier molecular flexibility index (Phi) is 5.41. The summed E-state index contributed by atoms with van der Waals surface area (Å²) >= 11 is 6.82. The molecule has 0 bridgehead atoms. The molecule has 0 aliphatic heterocycles. The highest BCUT2D eigenvalue weighted by Crippen LogP contribution is 2.24. The molecule has 0 fully saturated rings. The summed E-state index contributed by atoms with van der Waals surface area (Å²) in [5.74, 6) is -1.53. The van der Waals surface area contributed by atoms with E-state index < -0.39 is 17.6 Å². The molecule has 0 saturated heterocycles. The number of benzene rings is 2. The van der Waals surface area contributed by atoms with Crippen LogP contribution in [-0.2, 0) is 4.79 Å². The van der Waals surface area contributed by atoms with Crippen LogP contribution in [0.1, 0.15) is 10.4 Å². The molecule has 4 nitrogen and oxygen atoms in total. The maximum atomic E-state index is 13.7. The standard InChI is InChI=1S/C15H12ClFN2O2S/c16-9-5-6-12(11(17)7-9)19-15(21)10-3-1-2-4-13(10)22-8-14(18)20/h1-7H,8H2,(H2,18,20)(H,19,21). The lowest BCUT2D eigenvalue weighted by Crippen LogP contribution is -2.16. The van der Waals surface area contributed by atoms with Gasteiger partial charge >= 0.3 is 0 Å². The molecule has 22 heavy (non-hydrogen) atoms. The molecule has 114 valence electrons. The van der Waals surface area contributed by atoms with Gasteiger partial charge < -0.3 is 11.1 Å². The molecule has 2 aromatic carbocycles. The van der Waals surface area contributed by atoms with Crippen molar-refractivity contribution in [3.63, 3.8) is 0 Å². The van der Waals surface area contributed by atoms with Crippen molar-refractivity contribution in [1.82, 2.24) is 0 Å². The third-order valence-electron chi connectivity index (χ3n) is 2.68. The first-order valence-electron chi connectivity index (χ1n) is 6.24. The van der Waals surface area contributed by atoms with Crippen LogP contribution in [0.2, 0.25) is 5.02 Å². The van der Waals surface area contributed by atoms with Crippen molar-refractivity contribution < 1.29 is 14.0 Å². The second kappa shape index (κ2) is 7.29. The Balaban J connectivity index is 2.20. The van der Waals surface area contributed by atoms with Crippen LogP contribution in [0.5, 0.6) is 0 Å². The summed E-state index contributed by atoms with van der Waals surface area (Å²) < 4.78 is 13.7. The maximum absolute atomic E-state index is 13.7. The van der Waals surface area contributed by atoms with E-state index in [1.54, 1.807) is 24.3 Å². The van der Waals surface area contributed by atoms with Crippen LogP contribution in [0.3, 0.4) is 0 Å². The molecule has 0 heterocycles. The zero-order valence-corrected chi connectivity index (χ0v) is 12.9. The van der Waals surface area contributed by atoms with E-state index in [0.29, 0.717) is 10.5 Å². The Bertz CT molecular complexity index is 724. The van der Waals surface area contributed by atoms with E-state index in [0.717, 1.165) is 17.8 Å². The number of carbonyl (C=O) groups excluding carboxylic acids is 2. The fraction of sp³-hybridized carbons (Fsp3) is 0.0667. The van der Waals surface area contributed by atoms with Gasteiger partial charge in [-0.25, -0.2) is 4.39 Å². The van der Waals surface area contributed by atoms with E-state index in [1.165, 1.54) is 12.1 Å². The molecule has 0 saturated carbocycles. The highest BCUT2D eigenvalue weighted by atomic mass is 35.5. The lowest BCUT2D eigenvalue weighted by molar-refractivity contribution is -0.115. The first kappa shape index (κ1) is 16.3. The van der Waals surface area contributed by atoms with Gasteiger partial charge in [0.15, 0.2) is 0 Å². The van der Waals surface area contributed by atoms with Gasteiger partial charge in [-0.15, -0.1) is 11.8 Å². The van der Waals surface area contributed by atoms with Gasteiger partial charge in [0.25, 0.3) is 5.91 Å². The molecule has 0 aliphatic rings. The monoisotopic (exact) mass is 338 g/mol. The Morgan fingerprint density at radius 2 is 1.95 bits per heavy atom. The van der Waals surface area contributed by atoms with Crippen molar-refractivity contribution in [3.05, 3.63) is 58.9 Å². The summed E-state index contributed by atoms with van der Waals surface area (Å²) in [4.78, 5) is 23.7. The fourth-order valence-electron chi connectivity index (χ4n) is 1.71. The number of hydrogen-bond acceptors (Lipinski definition) is 3. The van der Waals surface area contributed by atoms with Gasteiger partial charge in [0.2, 0.25) is 5.91 Å². The van der Waals surface area contributed by atoms with Gasteiger partial charge in [-0.2, -0.15) is 0 Å². The van der Waals surface area contributed by atoms with Crippen LogP contribution in [0.15, 0.2) is 47.4 Å². The van der Waals surface area contributed by atoms with Crippen LogP contribution >= 0.6 is 23.4 Å². The molecule has 0 spiro atoms. The minimum absolute atomic E-state index is 0.0316. The van der Waals surface area contributed by atoms with Crippen molar-refractivity contribution in [2.24, 2.45) is 5.73 Å². The van der Waals surface area contributed by atoms with E-state index in [2.05, 4.69) is 5.32 Å². The summed E-state index contributed by atoms with van der Waals surface area (Å²) in [7, 11) is 0. The number of nitrogens with one attached hydrogen (secondary N) is 1. The summed E-state index contributed by atoms with van der Waals surface area (Å²) in [6.07, 6.45) is 0. The minimum atomic E-state index is -0.622. The number of thioether (sulfide) groups is 1. The van der Waals surface area contributed by atoms with Gasteiger partial charge in [-0.1, -0.05) is 23.7 Å². The Hall–Kier alpha value is -2.05. The van der Waals surface area contributed by atoms with Crippen LogP contribution in [-0.4, -0.2) is 17.6 Å². The van der Waals surface area contributed by atoms with Crippen molar-refractivity contribution in [3.8, 4) is 0 Å². The summed E-state index contributed by atoms with van der Waals surface area (Å²) in [5.41, 5.74) is 5.47. The second-order valence-corrected chi connectivity index (χ2v) is 5.78. The minimum Gasteiger partial charge on any atom is -0.369 e. The Morgan fingerprint density at radius 1 is 1.23 bits per heavy atom. The number of hydrogen-bond donors (Lipinski definition) is 2. The number of halogens is 2. The highest BCUT2D eigenvalue weighted by Gasteiger charge is 2.14. The molecule has 2 rings (SSSR count). The van der Waals surface area contributed by atoms with Gasteiger partial charge in [0.1, 0.15) is 5.82 Å². The van der Waals surface area contributed by atoms with Crippen molar-refractivity contribution >= 4 is 40.9 Å². The molecule has 3 N–H and O–H groups in total. The third kappa shape index (κ3) is 4.22. The number of anilines is 1. The normalized spacial score (nSPS) is 10.3. The molecular formula is C15H12ClFN2O2S. The second-order valence-electron chi connectivity index (χ2n) is 4.33. The number of carbonyl (C=O) groups is 2. The zero-order valence-electron chi connectivity index (χ0n) is 11.3. The van der Waals surface area contributed by atoms with E-state index >= 15 is 0 Å². The number of primary amides is 1. The summed E-state index contributed by atoms with van der Waals surface area (Å²) in [6, 6.07) is 10.7. The summed E-state index contributed by atoms with van der Waals surface area (Å²) in [6.45, 7) is 0. The van der Waals surface area contributed by atoms with Crippen molar-refractivity contribution in [1.29, 1.82) is 0 Å². The third-order valence-corrected chi connectivity index (χ3v) is 4.01. The first-order valence-corrected chi connectivity index (χ1v) is 7.60. The molecule has 0 atom stereocenters. The van der Waals surface area contributed by atoms with Gasteiger partial charge in [0.05, 0.1) is 17.0 Å². The zero-order chi connectivity index (χ0) is 16.1. The quantitative estimate of drug-likeness (QED) is 0.821. The van der Waals surface area contributed by atoms with E-state index in [9.17, 15) is 14.0 Å². The molecule has 0 unspecified atom stereocenters. The number of rotatable bonds is 5. The van der Waals surface area contributed by atoms with Gasteiger partial charge in [-0.05, 0) is 30.3 Å². The average molecular weight is 339 g/mol.